The summed E-state index contributed by atoms with van der Waals surface area (Å²) in [6, 6.07) is 15.0. The molecule has 2 aromatic carbocycles. The maximum atomic E-state index is 9.44. The van der Waals surface area contributed by atoms with Gasteiger partial charge in [0.05, 0.1) is 0 Å². The fraction of sp³-hybridized carbons (Fsp3) is 0.412. The zero-order chi connectivity index (χ0) is 13.1. The summed E-state index contributed by atoms with van der Waals surface area (Å²) in [6.45, 7) is 2.13. The average Bonchev–Trinajstić information content (AvgIpc) is 2.42. The number of benzene rings is 2. The van der Waals surface area contributed by atoms with Crippen LogP contribution in [0.15, 0.2) is 42.5 Å². The van der Waals surface area contributed by atoms with Gasteiger partial charge in [0.1, 0.15) is 0 Å². The van der Waals surface area contributed by atoms with Crippen LogP contribution in [-0.2, 0) is 6.54 Å². The maximum absolute atomic E-state index is 9.44. The largest absolute Gasteiger partial charge is 0.396 e. The lowest BCUT2D eigenvalue weighted by molar-refractivity contribution is 0.0445. The molecular formula is C17H21NO. The fourth-order valence-corrected chi connectivity index (χ4v) is 2.89. The lowest BCUT2D eigenvalue weighted by Crippen LogP contribution is -2.42. The van der Waals surface area contributed by atoms with Gasteiger partial charge in [0.2, 0.25) is 0 Å². The number of aliphatic hydroxyl groups is 1. The molecule has 0 radical (unpaired) electrons. The average molecular weight is 255 g/mol. The topological polar surface area (TPSA) is 32.3 Å². The summed E-state index contributed by atoms with van der Waals surface area (Å²) < 4.78 is 0. The number of hydrogen-bond donors (Lipinski definition) is 2. The Balaban J connectivity index is 1.62. The van der Waals surface area contributed by atoms with Crippen LogP contribution >= 0.6 is 0 Å². The summed E-state index contributed by atoms with van der Waals surface area (Å²) in [5.74, 6) is 0. The molecule has 1 saturated carbocycles. The minimum Gasteiger partial charge on any atom is -0.396 e. The lowest BCUT2D eigenvalue weighted by atomic mass is 9.69. The van der Waals surface area contributed by atoms with E-state index in [1.807, 2.05) is 0 Å². The van der Waals surface area contributed by atoms with Crippen molar-refractivity contribution in [2.75, 3.05) is 13.2 Å². The Bertz CT molecular complexity index is 554. The highest BCUT2D eigenvalue weighted by Gasteiger charge is 2.35. The van der Waals surface area contributed by atoms with Crippen molar-refractivity contribution in [1.29, 1.82) is 0 Å². The van der Waals surface area contributed by atoms with E-state index in [-0.39, 0.29) is 5.41 Å². The fourth-order valence-electron chi connectivity index (χ4n) is 2.89. The third-order valence-corrected chi connectivity index (χ3v) is 4.39. The Morgan fingerprint density at radius 1 is 1.05 bits per heavy atom. The summed E-state index contributed by atoms with van der Waals surface area (Å²) in [5, 5.41) is 15.5. The van der Waals surface area contributed by atoms with Crippen molar-refractivity contribution in [3.8, 4) is 0 Å². The van der Waals surface area contributed by atoms with Crippen molar-refractivity contribution >= 4 is 10.8 Å². The number of aliphatic hydroxyl groups excluding tert-OH is 1. The third kappa shape index (κ3) is 2.65. The molecule has 1 aliphatic rings. The molecule has 0 aliphatic heterocycles. The van der Waals surface area contributed by atoms with Crippen LogP contribution in [0.2, 0.25) is 0 Å². The molecule has 0 spiro atoms. The highest BCUT2D eigenvalue weighted by molar-refractivity contribution is 5.82. The maximum Gasteiger partial charge on any atom is 0.0499 e. The molecule has 0 heterocycles. The Labute approximate surface area is 114 Å². The molecule has 19 heavy (non-hydrogen) atoms. The molecule has 0 bridgehead atoms. The van der Waals surface area contributed by atoms with Crippen molar-refractivity contribution in [3.05, 3.63) is 48.0 Å². The smallest absolute Gasteiger partial charge is 0.0499 e. The summed E-state index contributed by atoms with van der Waals surface area (Å²) in [5.41, 5.74) is 1.47. The molecular weight excluding hydrogens is 234 g/mol. The zero-order valence-corrected chi connectivity index (χ0v) is 11.2. The van der Waals surface area contributed by atoms with E-state index in [9.17, 15) is 5.11 Å². The van der Waals surface area contributed by atoms with Gasteiger partial charge in [0, 0.05) is 25.1 Å². The standard InChI is InChI=1S/C17H21NO/c19-13-17(8-3-9-17)12-18-11-14-6-7-15-4-1-2-5-16(15)10-14/h1-2,4-7,10,18-19H,3,8-9,11-13H2. The molecule has 2 nitrogen and oxygen atoms in total. The van der Waals surface area contributed by atoms with E-state index < -0.39 is 0 Å². The van der Waals surface area contributed by atoms with Gasteiger partial charge in [0.25, 0.3) is 0 Å². The van der Waals surface area contributed by atoms with E-state index >= 15 is 0 Å². The number of fused-ring (bicyclic) bond motifs is 1. The first-order chi connectivity index (χ1) is 9.31. The van der Waals surface area contributed by atoms with Crippen LogP contribution in [0.25, 0.3) is 10.8 Å². The molecule has 1 fully saturated rings. The van der Waals surface area contributed by atoms with E-state index in [1.165, 1.54) is 22.8 Å². The lowest BCUT2D eigenvalue weighted by Gasteiger charge is -2.40. The Morgan fingerprint density at radius 3 is 2.53 bits per heavy atom. The van der Waals surface area contributed by atoms with Gasteiger partial charge in [-0.1, -0.05) is 42.8 Å². The summed E-state index contributed by atoms with van der Waals surface area (Å²) in [6.07, 6.45) is 3.58. The van der Waals surface area contributed by atoms with E-state index in [2.05, 4.69) is 47.8 Å². The highest BCUT2D eigenvalue weighted by Crippen LogP contribution is 2.39. The van der Waals surface area contributed by atoms with Gasteiger partial charge in [-0.2, -0.15) is 0 Å². The third-order valence-electron chi connectivity index (χ3n) is 4.39. The molecule has 0 aromatic heterocycles. The number of rotatable bonds is 5. The minimum absolute atomic E-state index is 0.164. The van der Waals surface area contributed by atoms with Gasteiger partial charge in [-0.25, -0.2) is 0 Å². The van der Waals surface area contributed by atoms with Crippen LogP contribution in [0.1, 0.15) is 24.8 Å². The van der Waals surface area contributed by atoms with Crippen LogP contribution in [0.5, 0.6) is 0 Å². The molecule has 0 atom stereocenters. The Kier molecular flexibility index (Phi) is 3.54. The molecule has 100 valence electrons. The van der Waals surface area contributed by atoms with Crippen molar-refractivity contribution in [2.24, 2.45) is 5.41 Å². The molecule has 1 aliphatic carbocycles. The predicted octanol–water partition coefficient (Wildman–Crippen LogP) is 3.09. The number of nitrogens with one attached hydrogen (secondary N) is 1. The molecule has 2 heteroatoms. The monoisotopic (exact) mass is 255 g/mol. The molecule has 0 unspecified atom stereocenters. The van der Waals surface area contributed by atoms with Crippen molar-refractivity contribution < 1.29 is 5.11 Å². The van der Waals surface area contributed by atoms with Gasteiger partial charge in [-0.15, -0.1) is 0 Å². The zero-order valence-electron chi connectivity index (χ0n) is 11.2. The van der Waals surface area contributed by atoms with Crippen LogP contribution in [-0.4, -0.2) is 18.3 Å². The quantitative estimate of drug-likeness (QED) is 0.860. The van der Waals surface area contributed by atoms with E-state index in [0.717, 1.165) is 25.9 Å². The predicted molar refractivity (Wildman–Crippen MR) is 79.0 cm³/mol. The Hall–Kier alpha value is -1.38. The summed E-state index contributed by atoms with van der Waals surface area (Å²) in [4.78, 5) is 0. The first-order valence-corrected chi connectivity index (χ1v) is 7.11. The van der Waals surface area contributed by atoms with E-state index in [1.54, 1.807) is 0 Å². The van der Waals surface area contributed by atoms with Gasteiger partial charge >= 0.3 is 0 Å². The Morgan fingerprint density at radius 2 is 1.84 bits per heavy atom. The van der Waals surface area contributed by atoms with Crippen LogP contribution in [0, 0.1) is 5.41 Å². The van der Waals surface area contributed by atoms with Crippen molar-refractivity contribution in [2.45, 2.75) is 25.8 Å². The minimum atomic E-state index is 0.164. The summed E-state index contributed by atoms with van der Waals surface area (Å²) >= 11 is 0. The second-order valence-corrected chi connectivity index (χ2v) is 5.80. The van der Waals surface area contributed by atoms with Gasteiger partial charge in [-0.05, 0) is 35.2 Å². The molecule has 2 aromatic rings. The van der Waals surface area contributed by atoms with Gasteiger partial charge < -0.3 is 10.4 Å². The molecule has 2 N–H and O–H groups in total. The van der Waals surface area contributed by atoms with Gasteiger partial charge in [0.15, 0.2) is 0 Å². The van der Waals surface area contributed by atoms with Crippen molar-refractivity contribution in [1.82, 2.24) is 5.32 Å². The summed E-state index contributed by atoms with van der Waals surface area (Å²) in [7, 11) is 0. The van der Waals surface area contributed by atoms with Crippen LogP contribution in [0.4, 0.5) is 0 Å². The normalized spacial score (nSPS) is 17.3. The van der Waals surface area contributed by atoms with E-state index in [0.29, 0.717) is 6.61 Å². The second-order valence-electron chi connectivity index (χ2n) is 5.80. The number of hydrogen-bond acceptors (Lipinski definition) is 2. The SMILES string of the molecule is OCC1(CNCc2ccc3ccccc3c2)CCC1. The van der Waals surface area contributed by atoms with Crippen LogP contribution < -0.4 is 5.32 Å². The molecule has 0 saturated heterocycles. The van der Waals surface area contributed by atoms with Crippen LogP contribution in [0.3, 0.4) is 0 Å². The van der Waals surface area contributed by atoms with Gasteiger partial charge in [-0.3, -0.25) is 0 Å². The second kappa shape index (κ2) is 5.32. The van der Waals surface area contributed by atoms with E-state index in [4.69, 9.17) is 0 Å². The highest BCUT2D eigenvalue weighted by atomic mass is 16.3. The van der Waals surface area contributed by atoms with Crippen molar-refractivity contribution in [3.63, 3.8) is 0 Å². The molecule has 0 amide bonds. The first-order valence-electron chi connectivity index (χ1n) is 7.11. The first kappa shape index (κ1) is 12.6. The molecule has 3 rings (SSSR count).